The van der Waals surface area contributed by atoms with Crippen LogP contribution in [-0.4, -0.2) is 43.9 Å². The van der Waals surface area contributed by atoms with Crippen molar-refractivity contribution in [2.75, 3.05) is 13.1 Å². The number of aromatic nitrogens is 3. The molecule has 0 unspecified atom stereocenters. The summed E-state index contributed by atoms with van der Waals surface area (Å²) in [6.45, 7) is 8.85. The number of benzene rings is 1. The quantitative estimate of drug-likeness (QED) is 0.765. The van der Waals surface area contributed by atoms with E-state index in [4.69, 9.17) is 0 Å². The average Bonchev–Trinajstić information content (AvgIpc) is 3.05. The van der Waals surface area contributed by atoms with Crippen LogP contribution in [0.3, 0.4) is 0 Å². The van der Waals surface area contributed by atoms with Crippen LogP contribution in [0.5, 0.6) is 0 Å². The second kappa shape index (κ2) is 8.04. The van der Waals surface area contributed by atoms with Crippen LogP contribution in [0.15, 0.2) is 35.5 Å². The molecular weight excluding hydrogens is 332 g/mol. The molecule has 1 amide bonds. The maximum Gasteiger partial charge on any atom is 0.235 e. The fraction of sp³-hybridized carbons (Fsp3) is 0.526. The summed E-state index contributed by atoms with van der Waals surface area (Å²) < 4.78 is 2.09. The summed E-state index contributed by atoms with van der Waals surface area (Å²) >= 11 is 1.51. The van der Waals surface area contributed by atoms with Gasteiger partial charge in [-0.25, -0.2) is 0 Å². The monoisotopic (exact) mass is 358 g/mol. The summed E-state index contributed by atoms with van der Waals surface area (Å²) in [7, 11) is 0. The van der Waals surface area contributed by atoms with Gasteiger partial charge in [-0.3, -0.25) is 4.79 Å². The minimum Gasteiger partial charge on any atom is -0.342 e. The van der Waals surface area contributed by atoms with E-state index in [1.54, 1.807) is 0 Å². The Kier molecular flexibility index (Phi) is 5.78. The highest BCUT2D eigenvalue weighted by Gasteiger charge is 2.26. The molecule has 0 saturated carbocycles. The van der Waals surface area contributed by atoms with E-state index in [0.29, 0.717) is 0 Å². The van der Waals surface area contributed by atoms with Gasteiger partial charge in [-0.2, -0.15) is 0 Å². The molecule has 1 saturated heterocycles. The Morgan fingerprint density at radius 3 is 2.56 bits per heavy atom. The third-order valence-corrected chi connectivity index (χ3v) is 5.86. The van der Waals surface area contributed by atoms with Gasteiger partial charge in [0, 0.05) is 25.2 Å². The summed E-state index contributed by atoms with van der Waals surface area (Å²) in [6.07, 6.45) is 2.21. The molecule has 1 aromatic carbocycles. The Balaban J connectivity index is 1.72. The fourth-order valence-corrected chi connectivity index (χ4v) is 4.15. The van der Waals surface area contributed by atoms with Crippen molar-refractivity contribution in [1.29, 1.82) is 0 Å². The van der Waals surface area contributed by atoms with Gasteiger partial charge in [-0.1, -0.05) is 49.0 Å². The van der Waals surface area contributed by atoms with E-state index in [1.165, 1.54) is 11.8 Å². The third-order valence-electron chi connectivity index (χ3n) is 4.79. The van der Waals surface area contributed by atoms with Crippen molar-refractivity contribution in [2.45, 2.75) is 50.6 Å². The predicted molar refractivity (Wildman–Crippen MR) is 101 cm³/mol. The Morgan fingerprint density at radius 2 is 1.92 bits per heavy atom. The zero-order valence-electron chi connectivity index (χ0n) is 15.2. The molecule has 0 N–H and O–H groups in total. The maximum absolute atomic E-state index is 12.7. The second-order valence-corrected chi connectivity index (χ2v) is 7.99. The minimum atomic E-state index is -0.147. The maximum atomic E-state index is 12.7. The normalized spacial score (nSPS) is 16.8. The van der Waals surface area contributed by atoms with Crippen molar-refractivity contribution in [3.63, 3.8) is 0 Å². The Bertz CT molecular complexity index is 707. The molecule has 1 fully saturated rings. The molecule has 1 aliphatic heterocycles. The Labute approximate surface area is 153 Å². The molecular formula is C19H26N4OS. The van der Waals surface area contributed by atoms with Crippen molar-refractivity contribution in [3.8, 4) is 11.4 Å². The van der Waals surface area contributed by atoms with Crippen LogP contribution in [0.2, 0.25) is 0 Å². The highest BCUT2D eigenvalue weighted by atomic mass is 32.2. The van der Waals surface area contributed by atoms with Gasteiger partial charge in [-0.15, -0.1) is 10.2 Å². The number of piperidine rings is 1. The lowest BCUT2D eigenvalue weighted by atomic mass is 9.99. The second-order valence-electron chi connectivity index (χ2n) is 6.68. The third kappa shape index (κ3) is 4.06. The summed E-state index contributed by atoms with van der Waals surface area (Å²) in [6, 6.07) is 10.1. The van der Waals surface area contributed by atoms with Crippen LogP contribution in [0, 0.1) is 5.92 Å². The average molecular weight is 359 g/mol. The van der Waals surface area contributed by atoms with Crippen LogP contribution in [0.4, 0.5) is 0 Å². The number of rotatable bonds is 5. The first-order valence-electron chi connectivity index (χ1n) is 9.04. The molecule has 1 aromatic heterocycles. The zero-order valence-corrected chi connectivity index (χ0v) is 16.0. The number of likely N-dealkylation sites (tertiary alicyclic amines) is 1. The van der Waals surface area contributed by atoms with Crippen molar-refractivity contribution in [2.24, 2.45) is 5.92 Å². The van der Waals surface area contributed by atoms with E-state index in [2.05, 4.69) is 28.6 Å². The molecule has 2 heterocycles. The predicted octanol–water partition coefficient (Wildman–Crippen LogP) is 3.70. The zero-order chi connectivity index (χ0) is 17.8. The highest BCUT2D eigenvalue weighted by Crippen LogP contribution is 2.28. The number of thioether (sulfide) groups is 1. The van der Waals surface area contributed by atoms with Crippen LogP contribution in [-0.2, 0) is 11.3 Å². The first kappa shape index (κ1) is 18.0. The van der Waals surface area contributed by atoms with Crippen LogP contribution >= 0.6 is 11.8 Å². The molecule has 6 heteroatoms. The molecule has 3 rings (SSSR count). The summed E-state index contributed by atoms with van der Waals surface area (Å²) in [5.41, 5.74) is 1.05. The Morgan fingerprint density at radius 1 is 1.24 bits per heavy atom. The van der Waals surface area contributed by atoms with E-state index in [9.17, 15) is 4.79 Å². The standard InChI is InChI=1S/C19H26N4OS/c1-4-23-17(16-8-6-5-7-9-16)20-21-19(23)25-15(3)18(24)22-12-10-14(2)11-13-22/h5-9,14-15H,4,10-13H2,1-3H3/t15-/m1/s1. The molecule has 0 radical (unpaired) electrons. The van der Waals surface area contributed by atoms with E-state index in [1.807, 2.05) is 42.2 Å². The summed E-state index contributed by atoms with van der Waals surface area (Å²) in [5.74, 6) is 1.80. The number of carbonyl (C=O) groups excluding carboxylic acids is 1. The van der Waals surface area contributed by atoms with Gasteiger partial charge in [0.15, 0.2) is 11.0 Å². The number of nitrogens with zero attached hydrogens (tertiary/aromatic N) is 4. The van der Waals surface area contributed by atoms with Gasteiger partial charge in [-0.05, 0) is 32.6 Å². The molecule has 0 bridgehead atoms. The van der Waals surface area contributed by atoms with Gasteiger partial charge in [0.2, 0.25) is 5.91 Å². The lowest BCUT2D eigenvalue weighted by Gasteiger charge is -2.31. The van der Waals surface area contributed by atoms with E-state index >= 15 is 0 Å². The summed E-state index contributed by atoms with van der Waals surface area (Å²) in [5, 5.41) is 9.37. The van der Waals surface area contributed by atoms with Gasteiger partial charge in [0.1, 0.15) is 0 Å². The van der Waals surface area contributed by atoms with E-state index < -0.39 is 0 Å². The van der Waals surface area contributed by atoms with Gasteiger partial charge >= 0.3 is 0 Å². The molecule has 0 aliphatic carbocycles. The first-order valence-corrected chi connectivity index (χ1v) is 9.92. The van der Waals surface area contributed by atoms with Crippen LogP contribution in [0.1, 0.15) is 33.6 Å². The van der Waals surface area contributed by atoms with Crippen LogP contribution < -0.4 is 0 Å². The van der Waals surface area contributed by atoms with Gasteiger partial charge < -0.3 is 9.47 Å². The number of hydrogen-bond acceptors (Lipinski definition) is 4. The smallest absolute Gasteiger partial charge is 0.235 e. The lowest BCUT2D eigenvalue weighted by molar-refractivity contribution is -0.131. The lowest BCUT2D eigenvalue weighted by Crippen LogP contribution is -2.41. The van der Waals surface area contributed by atoms with Crippen molar-refractivity contribution in [3.05, 3.63) is 30.3 Å². The van der Waals surface area contributed by atoms with Gasteiger partial charge in [0.25, 0.3) is 0 Å². The topological polar surface area (TPSA) is 51.0 Å². The summed E-state index contributed by atoms with van der Waals surface area (Å²) in [4.78, 5) is 14.7. The number of hydrogen-bond donors (Lipinski definition) is 0. The fourth-order valence-electron chi connectivity index (χ4n) is 3.16. The minimum absolute atomic E-state index is 0.147. The Hall–Kier alpha value is -1.82. The molecule has 1 atom stereocenters. The van der Waals surface area contributed by atoms with Gasteiger partial charge in [0.05, 0.1) is 5.25 Å². The van der Waals surface area contributed by atoms with Crippen molar-refractivity contribution < 1.29 is 4.79 Å². The van der Waals surface area contributed by atoms with E-state index in [0.717, 1.165) is 54.9 Å². The molecule has 2 aromatic rings. The molecule has 134 valence electrons. The first-order chi connectivity index (χ1) is 12.1. The molecule has 25 heavy (non-hydrogen) atoms. The number of amides is 1. The molecule has 1 aliphatic rings. The SMILES string of the molecule is CCn1c(S[C@H](C)C(=O)N2CCC(C)CC2)nnc1-c1ccccc1. The largest absolute Gasteiger partial charge is 0.342 e. The van der Waals surface area contributed by atoms with Crippen molar-refractivity contribution >= 4 is 17.7 Å². The molecule has 5 nitrogen and oxygen atoms in total. The number of carbonyl (C=O) groups is 1. The molecule has 0 spiro atoms. The van der Waals surface area contributed by atoms with E-state index in [-0.39, 0.29) is 11.2 Å². The highest BCUT2D eigenvalue weighted by molar-refractivity contribution is 8.00. The van der Waals surface area contributed by atoms with Crippen LogP contribution in [0.25, 0.3) is 11.4 Å². The van der Waals surface area contributed by atoms with Crippen molar-refractivity contribution in [1.82, 2.24) is 19.7 Å².